The smallest absolute Gasteiger partial charge is 0.290 e. The van der Waals surface area contributed by atoms with E-state index in [4.69, 9.17) is 4.74 Å². The summed E-state index contributed by atoms with van der Waals surface area (Å²) in [7, 11) is 0. The van der Waals surface area contributed by atoms with Crippen LogP contribution in [0.25, 0.3) is 0 Å². The highest BCUT2D eigenvalue weighted by Crippen LogP contribution is 2.31. The minimum atomic E-state index is -0.854. The Morgan fingerprint density at radius 2 is 2.06 bits per heavy atom. The molecule has 0 bridgehead atoms. The van der Waals surface area contributed by atoms with E-state index in [1.165, 1.54) is 11.1 Å². The van der Waals surface area contributed by atoms with Crippen molar-refractivity contribution < 1.29 is 14.6 Å². The van der Waals surface area contributed by atoms with Gasteiger partial charge in [-0.25, -0.2) is 0 Å². The lowest BCUT2D eigenvalue weighted by molar-refractivity contribution is -0.115. The fraction of sp³-hybridized carbons (Fsp3) is 0.417. The SMILES string of the molecule is CC(C)(O)CNCC(=O)Nc1ccc2c(c1)COC(N[C@@H]1CCCc3ccccc31)=N2. The molecular weight excluding hydrogens is 392 g/mol. The zero-order valence-corrected chi connectivity index (χ0v) is 18.1. The van der Waals surface area contributed by atoms with Crippen LogP contribution in [-0.2, 0) is 22.6 Å². The van der Waals surface area contributed by atoms with Gasteiger partial charge in [-0.2, -0.15) is 4.99 Å². The first kappa shape index (κ1) is 21.3. The van der Waals surface area contributed by atoms with Crippen LogP contribution in [0.4, 0.5) is 11.4 Å². The molecule has 2 aliphatic rings. The highest BCUT2D eigenvalue weighted by atomic mass is 16.5. The molecule has 1 atom stereocenters. The number of anilines is 1. The second-order valence-electron chi connectivity index (χ2n) is 8.80. The Hall–Kier alpha value is -2.90. The first-order valence-corrected chi connectivity index (χ1v) is 10.8. The molecule has 0 radical (unpaired) electrons. The van der Waals surface area contributed by atoms with E-state index in [2.05, 4.69) is 45.2 Å². The van der Waals surface area contributed by atoms with Crippen LogP contribution in [-0.4, -0.2) is 35.7 Å². The summed E-state index contributed by atoms with van der Waals surface area (Å²) >= 11 is 0. The molecule has 31 heavy (non-hydrogen) atoms. The van der Waals surface area contributed by atoms with Crippen LogP contribution < -0.4 is 16.0 Å². The van der Waals surface area contributed by atoms with Gasteiger partial charge in [-0.1, -0.05) is 24.3 Å². The Bertz CT molecular complexity index is 981. The molecule has 0 spiro atoms. The molecule has 7 heteroatoms. The molecule has 164 valence electrons. The van der Waals surface area contributed by atoms with E-state index in [1.807, 2.05) is 18.2 Å². The number of amidine groups is 1. The number of nitrogens with zero attached hydrogens (tertiary/aromatic N) is 1. The Labute approximate surface area is 182 Å². The summed E-state index contributed by atoms with van der Waals surface area (Å²) in [6.07, 6.45) is 3.32. The summed E-state index contributed by atoms with van der Waals surface area (Å²) in [4.78, 5) is 16.8. The molecule has 1 aliphatic carbocycles. The van der Waals surface area contributed by atoms with Crippen molar-refractivity contribution >= 4 is 23.3 Å². The van der Waals surface area contributed by atoms with E-state index in [9.17, 15) is 9.90 Å². The Kier molecular flexibility index (Phi) is 6.25. The molecule has 0 unspecified atom stereocenters. The summed E-state index contributed by atoms with van der Waals surface area (Å²) in [6.45, 7) is 4.26. The monoisotopic (exact) mass is 422 g/mol. The summed E-state index contributed by atoms with van der Waals surface area (Å²) in [5, 5.41) is 19.0. The van der Waals surface area contributed by atoms with Gasteiger partial charge in [0.2, 0.25) is 5.91 Å². The third-order valence-electron chi connectivity index (χ3n) is 5.46. The van der Waals surface area contributed by atoms with E-state index in [0.717, 1.165) is 30.5 Å². The van der Waals surface area contributed by atoms with E-state index in [1.54, 1.807) is 13.8 Å². The molecule has 4 N–H and O–H groups in total. The predicted molar refractivity (Wildman–Crippen MR) is 121 cm³/mol. The average molecular weight is 423 g/mol. The zero-order chi connectivity index (χ0) is 21.8. The standard InChI is InChI=1S/C24H30N4O3/c1-24(2,30)15-25-13-22(29)26-18-10-11-20-17(12-18)14-31-23(27-20)28-21-9-5-7-16-6-3-4-8-19(16)21/h3-4,6,8,10-12,21,25,30H,5,7,9,13-15H2,1-2H3,(H,26,29)(H,27,28)/t21-/m1/s1. The molecule has 4 rings (SSSR count). The number of hydrogen-bond acceptors (Lipinski definition) is 6. The maximum atomic E-state index is 12.1. The molecule has 0 aromatic heterocycles. The van der Waals surface area contributed by atoms with E-state index in [-0.39, 0.29) is 18.5 Å². The average Bonchev–Trinajstić information content (AvgIpc) is 2.73. The Morgan fingerprint density at radius 3 is 2.90 bits per heavy atom. The molecule has 1 heterocycles. The number of hydrogen-bond donors (Lipinski definition) is 4. The quantitative estimate of drug-likeness (QED) is 0.574. The number of nitrogens with one attached hydrogen (secondary N) is 3. The maximum absolute atomic E-state index is 12.1. The van der Waals surface area contributed by atoms with Crippen LogP contribution in [0.2, 0.25) is 0 Å². The topological polar surface area (TPSA) is 95.0 Å². The third-order valence-corrected chi connectivity index (χ3v) is 5.46. The van der Waals surface area contributed by atoms with Gasteiger partial charge in [-0.3, -0.25) is 4.79 Å². The summed E-state index contributed by atoms with van der Waals surface area (Å²) in [6, 6.07) is 14.9. The van der Waals surface area contributed by atoms with Crippen molar-refractivity contribution in [2.45, 2.75) is 51.4 Å². The predicted octanol–water partition coefficient (Wildman–Crippen LogP) is 3.17. The van der Waals surface area contributed by atoms with Gasteiger partial charge in [0, 0.05) is 17.8 Å². The van der Waals surface area contributed by atoms with Gasteiger partial charge in [-0.15, -0.1) is 0 Å². The minimum absolute atomic E-state index is 0.132. The van der Waals surface area contributed by atoms with Crippen molar-refractivity contribution in [3.05, 3.63) is 59.2 Å². The second-order valence-corrected chi connectivity index (χ2v) is 8.80. The molecule has 1 aliphatic heterocycles. The van der Waals surface area contributed by atoms with Gasteiger partial charge < -0.3 is 25.8 Å². The van der Waals surface area contributed by atoms with Crippen LogP contribution in [0.3, 0.4) is 0 Å². The molecule has 2 aromatic rings. The largest absolute Gasteiger partial charge is 0.460 e. The van der Waals surface area contributed by atoms with Crippen LogP contribution in [0, 0.1) is 0 Å². The highest BCUT2D eigenvalue weighted by molar-refractivity contribution is 5.92. The number of carbonyl (C=O) groups excluding carboxylic acids is 1. The fourth-order valence-corrected chi connectivity index (χ4v) is 3.99. The highest BCUT2D eigenvalue weighted by Gasteiger charge is 2.23. The molecular formula is C24H30N4O3. The number of amides is 1. The lowest BCUT2D eigenvalue weighted by atomic mass is 9.88. The van der Waals surface area contributed by atoms with Gasteiger partial charge >= 0.3 is 0 Å². The lowest BCUT2D eigenvalue weighted by Crippen LogP contribution is -2.38. The van der Waals surface area contributed by atoms with E-state index in [0.29, 0.717) is 24.9 Å². The maximum Gasteiger partial charge on any atom is 0.290 e. The van der Waals surface area contributed by atoms with E-state index < -0.39 is 5.60 Å². The van der Waals surface area contributed by atoms with E-state index >= 15 is 0 Å². The van der Waals surface area contributed by atoms with Crippen LogP contribution in [0.15, 0.2) is 47.5 Å². The van der Waals surface area contributed by atoms with Gasteiger partial charge in [0.25, 0.3) is 6.02 Å². The van der Waals surface area contributed by atoms with Crippen molar-refractivity contribution in [2.75, 3.05) is 18.4 Å². The van der Waals surface area contributed by atoms with Gasteiger partial charge in [0.1, 0.15) is 6.61 Å². The number of ether oxygens (including phenoxy) is 1. The summed E-state index contributed by atoms with van der Waals surface area (Å²) < 4.78 is 5.87. The number of aliphatic hydroxyl groups is 1. The summed E-state index contributed by atoms with van der Waals surface area (Å²) in [5.74, 6) is -0.164. The van der Waals surface area contributed by atoms with Crippen molar-refractivity contribution in [2.24, 2.45) is 4.99 Å². The number of aliphatic imine (C=N–C) groups is 1. The Balaban J connectivity index is 1.37. The molecule has 0 saturated carbocycles. The normalized spacial score (nSPS) is 17.6. The minimum Gasteiger partial charge on any atom is -0.460 e. The van der Waals surface area contributed by atoms with Gasteiger partial charge in [0.05, 0.1) is 23.9 Å². The molecule has 0 fully saturated rings. The number of aryl methyl sites for hydroxylation is 1. The molecule has 7 nitrogen and oxygen atoms in total. The second kappa shape index (κ2) is 9.08. The first-order chi connectivity index (χ1) is 14.9. The molecule has 0 saturated heterocycles. The number of benzene rings is 2. The van der Waals surface area contributed by atoms with Crippen molar-refractivity contribution in [3.63, 3.8) is 0 Å². The van der Waals surface area contributed by atoms with Gasteiger partial charge in [-0.05, 0) is 62.4 Å². The number of fused-ring (bicyclic) bond motifs is 2. The Morgan fingerprint density at radius 1 is 1.23 bits per heavy atom. The molecule has 2 aromatic carbocycles. The zero-order valence-electron chi connectivity index (χ0n) is 18.1. The number of carbonyl (C=O) groups is 1. The van der Waals surface area contributed by atoms with Crippen molar-refractivity contribution in [1.82, 2.24) is 10.6 Å². The van der Waals surface area contributed by atoms with Gasteiger partial charge in [0.15, 0.2) is 0 Å². The van der Waals surface area contributed by atoms with Crippen LogP contribution in [0.1, 0.15) is 49.4 Å². The lowest BCUT2D eigenvalue weighted by Gasteiger charge is -2.28. The van der Waals surface area contributed by atoms with Crippen LogP contribution in [0.5, 0.6) is 0 Å². The van der Waals surface area contributed by atoms with Crippen LogP contribution >= 0.6 is 0 Å². The fourth-order valence-electron chi connectivity index (χ4n) is 3.99. The third kappa shape index (κ3) is 5.62. The number of rotatable bonds is 6. The van der Waals surface area contributed by atoms with Crippen molar-refractivity contribution in [1.29, 1.82) is 0 Å². The summed E-state index contributed by atoms with van der Waals surface area (Å²) in [5.41, 5.74) is 4.33. The first-order valence-electron chi connectivity index (χ1n) is 10.8. The molecule has 1 amide bonds. The van der Waals surface area contributed by atoms with Crippen molar-refractivity contribution in [3.8, 4) is 0 Å².